The van der Waals surface area contributed by atoms with Gasteiger partial charge in [0.1, 0.15) is 0 Å². The summed E-state index contributed by atoms with van der Waals surface area (Å²) in [6, 6.07) is 6.31. The number of benzene rings is 1. The summed E-state index contributed by atoms with van der Waals surface area (Å²) in [5.41, 5.74) is 3.37. The van der Waals surface area contributed by atoms with E-state index in [4.69, 9.17) is 4.74 Å². The van der Waals surface area contributed by atoms with Crippen molar-refractivity contribution in [1.29, 1.82) is 0 Å². The Bertz CT molecular complexity index is 834. The average Bonchev–Trinajstić information content (AvgIpc) is 2.74. The molecule has 0 unspecified atom stereocenters. The van der Waals surface area contributed by atoms with Crippen LogP contribution in [0.1, 0.15) is 50.7 Å². The summed E-state index contributed by atoms with van der Waals surface area (Å²) in [6.07, 6.45) is 3.35. The molecule has 30 heavy (non-hydrogen) atoms. The quantitative estimate of drug-likeness (QED) is 0.752. The van der Waals surface area contributed by atoms with Crippen LogP contribution in [-0.2, 0) is 4.79 Å². The number of methoxy groups -OCH3 is 1. The molecule has 0 radical (unpaired) electrons. The Morgan fingerprint density at radius 1 is 1.07 bits per heavy atom. The molecule has 1 amide bonds. The highest BCUT2D eigenvalue weighted by molar-refractivity contribution is 5.94. The molecular weight excluding hydrogens is 378 g/mol. The molecular formula is C23H33N5O2. The summed E-state index contributed by atoms with van der Waals surface area (Å²) in [5, 5.41) is 3.21. The molecule has 1 aliphatic rings. The second-order valence-corrected chi connectivity index (χ2v) is 8.35. The number of para-hydroxylation sites is 1. The average molecular weight is 412 g/mol. The van der Waals surface area contributed by atoms with Crippen molar-refractivity contribution in [3.63, 3.8) is 0 Å². The van der Waals surface area contributed by atoms with E-state index >= 15 is 0 Å². The maximum Gasteiger partial charge on any atom is 0.238 e. The van der Waals surface area contributed by atoms with Gasteiger partial charge in [-0.1, -0.05) is 45.9 Å². The van der Waals surface area contributed by atoms with Crippen molar-refractivity contribution in [2.75, 3.05) is 50.1 Å². The summed E-state index contributed by atoms with van der Waals surface area (Å²) >= 11 is 0. The van der Waals surface area contributed by atoms with Crippen molar-refractivity contribution in [2.45, 2.75) is 39.5 Å². The lowest BCUT2D eigenvalue weighted by molar-refractivity contribution is -0.117. The molecule has 0 atom stereocenters. The minimum atomic E-state index is 0.0413. The zero-order chi connectivity index (χ0) is 21.7. The molecule has 0 spiro atoms. The van der Waals surface area contributed by atoms with Crippen LogP contribution in [0.4, 0.5) is 11.5 Å². The van der Waals surface area contributed by atoms with E-state index < -0.39 is 0 Å². The maximum atomic E-state index is 12.9. The first-order chi connectivity index (χ1) is 14.4. The Kier molecular flexibility index (Phi) is 7.26. The number of anilines is 2. The van der Waals surface area contributed by atoms with E-state index in [1.54, 1.807) is 19.5 Å². The van der Waals surface area contributed by atoms with E-state index in [0.29, 0.717) is 24.3 Å². The van der Waals surface area contributed by atoms with Gasteiger partial charge in [-0.25, -0.2) is 0 Å². The van der Waals surface area contributed by atoms with Crippen molar-refractivity contribution in [3.05, 3.63) is 41.7 Å². The number of piperazine rings is 1. The highest BCUT2D eigenvalue weighted by atomic mass is 16.5. The molecule has 0 bridgehead atoms. The van der Waals surface area contributed by atoms with Gasteiger partial charge in [-0.2, -0.15) is 4.98 Å². The molecule has 1 N–H and O–H groups in total. The number of hydrogen-bond acceptors (Lipinski definition) is 6. The number of carbonyl (C=O) groups excluding carboxylic acids is 1. The molecule has 1 aliphatic heterocycles. The fourth-order valence-electron chi connectivity index (χ4n) is 3.80. The summed E-state index contributed by atoms with van der Waals surface area (Å²) in [4.78, 5) is 25.9. The van der Waals surface area contributed by atoms with Crippen LogP contribution in [-0.4, -0.2) is 60.6 Å². The Balaban J connectivity index is 1.60. The highest BCUT2D eigenvalue weighted by Crippen LogP contribution is 2.32. The molecule has 162 valence electrons. The van der Waals surface area contributed by atoms with Gasteiger partial charge in [-0.05, 0) is 23.0 Å². The number of nitrogens with zero attached hydrogens (tertiary/aromatic N) is 4. The highest BCUT2D eigenvalue weighted by Gasteiger charge is 2.22. The molecule has 1 aromatic carbocycles. The van der Waals surface area contributed by atoms with Crippen molar-refractivity contribution in [1.82, 2.24) is 14.9 Å². The zero-order valence-electron chi connectivity index (χ0n) is 18.7. The maximum absolute atomic E-state index is 12.9. The number of aromatic nitrogens is 2. The molecule has 2 heterocycles. The van der Waals surface area contributed by atoms with Gasteiger partial charge >= 0.3 is 0 Å². The molecule has 1 aromatic heterocycles. The Morgan fingerprint density at radius 2 is 1.70 bits per heavy atom. The molecule has 3 rings (SSSR count). The van der Waals surface area contributed by atoms with Gasteiger partial charge in [-0.15, -0.1) is 0 Å². The van der Waals surface area contributed by atoms with Crippen molar-refractivity contribution < 1.29 is 9.53 Å². The minimum absolute atomic E-state index is 0.0413. The summed E-state index contributed by atoms with van der Waals surface area (Å²) in [6.45, 7) is 12.2. The Morgan fingerprint density at radius 3 is 2.27 bits per heavy atom. The first-order valence-corrected chi connectivity index (χ1v) is 10.6. The standard InChI is InChI=1S/C23H33N5O2/c1-16(2)18-7-6-8-19(17(3)4)23(18)26-21(29)15-27-9-11-28(12-10-27)20-13-24-14-22(25-20)30-5/h6-8,13-14,16-17H,9-12,15H2,1-5H3,(H,26,29). The van der Waals surface area contributed by atoms with Gasteiger partial charge in [0.2, 0.25) is 11.8 Å². The second kappa shape index (κ2) is 9.89. The van der Waals surface area contributed by atoms with Gasteiger partial charge in [0.25, 0.3) is 0 Å². The van der Waals surface area contributed by atoms with Crippen LogP contribution in [0, 0.1) is 0 Å². The van der Waals surface area contributed by atoms with E-state index in [1.165, 1.54) is 11.1 Å². The lowest BCUT2D eigenvalue weighted by atomic mass is 9.92. The third-order valence-electron chi connectivity index (χ3n) is 5.51. The summed E-state index contributed by atoms with van der Waals surface area (Å²) in [7, 11) is 1.59. The Hall–Kier alpha value is -2.67. The van der Waals surface area contributed by atoms with Crippen LogP contribution >= 0.6 is 0 Å². The molecule has 0 saturated carbocycles. The molecule has 7 nitrogen and oxygen atoms in total. The smallest absolute Gasteiger partial charge is 0.238 e. The molecule has 7 heteroatoms. The van der Waals surface area contributed by atoms with Gasteiger partial charge in [0.15, 0.2) is 5.82 Å². The lowest BCUT2D eigenvalue weighted by Crippen LogP contribution is -2.49. The van der Waals surface area contributed by atoms with Crippen LogP contribution in [0.15, 0.2) is 30.6 Å². The van der Waals surface area contributed by atoms with E-state index in [0.717, 1.165) is 37.7 Å². The number of amides is 1. The van der Waals surface area contributed by atoms with Crippen LogP contribution in [0.2, 0.25) is 0 Å². The van der Waals surface area contributed by atoms with E-state index in [2.05, 4.69) is 71.0 Å². The van der Waals surface area contributed by atoms with Crippen LogP contribution in [0.3, 0.4) is 0 Å². The molecule has 2 aromatic rings. The molecule has 1 saturated heterocycles. The molecule has 1 fully saturated rings. The SMILES string of the molecule is COc1cncc(N2CCN(CC(=O)Nc3c(C(C)C)cccc3C(C)C)CC2)n1. The lowest BCUT2D eigenvalue weighted by Gasteiger charge is -2.35. The minimum Gasteiger partial charge on any atom is -0.480 e. The first kappa shape index (κ1) is 22.0. The van der Waals surface area contributed by atoms with Gasteiger partial charge in [-0.3, -0.25) is 14.7 Å². The third-order valence-corrected chi connectivity index (χ3v) is 5.51. The predicted octanol–water partition coefficient (Wildman–Crippen LogP) is 3.49. The monoisotopic (exact) mass is 411 g/mol. The first-order valence-electron chi connectivity index (χ1n) is 10.6. The number of nitrogens with one attached hydrogen (secondary N) is 1. The second-order valence-electron chi connectivity index (χ2n) is 8.35. The number of carbonyl (C=O) groups is 1. The van der Waals surface area contributed by atoms with Crippen LogP contribution in [0.5, 0.6) is 5.88 Å². The summed E-state index contributed by atoms with van der Waals surface area (Å²) in [5.74, 6) is 2.07. The predicted molar refractivity (Wildman–Crippen MR) is 120 cm³/mol. The fourth-order valence-corrected chi connectivity index (χ4v) is 3.80. The fraction of sp³-hybridized carbons (Fsp3) is 0.522. The Labute approximate surface area is 179 Å². The van der Waals surface area contributed by atoms with Gasteiger partial charge in [0, 0.05) is 31.9 Å². The molecule has 0 aliphatic carbocycles. The van der Waals surface area contributed by atoms with Crippen molar-refractivity contribution in [2.24, 2.45) is 0 Å². The normalized spacial score (nSPS) is 15.0. The van der Waals surface area contributed by atoms with Crippen molar-refractivity contribution in [3.8, 4) is 5.88 Å². The largest absolute Gasteiger partial charge is 0.480 e. The zero-order valence-corrected chi connectivity index (χ0v) is 18.7. The summed E-state index contributed by atoms with van der Waals surface area (Å²) < 4.78 is 5.17. The van der Waals surface area contributed by atoms with Crippen molar-refractivity contribution >= 4 is 17.4 Å². The van der Waals surface area contributed by atoms with E-state index in [-0.39, 0.29) is 5.91 Å². The van der Waals surface area contributed by atoms with E-state index in [9.17, 15) is 4.79 Å². The van der Waals surface area contributed by atoms with E-state index in [1.807, 2.05) is 0 Å². The van der Waals surface area contributed by atoms with Crippen LogP contribution < -0.4 is 15.0 Å². The number of rotatable bonds is 7. The number of ether oxygens (including phenoxy) is 1. The van der Waals surface area contributed by atoms with Gasteiger partial charge < -0.3 is 15.0 Å². The number of hydrogen-bond donors (Lipinski definition) is 1. The van der Waals surface area contributed by atoms with Crippen LogP contribution in [0.25, 0.3) is 0 Å². The third kappa shape index (κ3) is 5.27. The van der Waals surface area contributed by atoms with Gasteiger partial charge in [0.05, 0.1) is 26.0 Å². The topological polar surface area (TPSA) is 70.6 Å².